The summed E-state index contributed by atoms with van der Waals surface area (Å²) in [7, 11) is 0. The highest BCUT2D eigenvalue weighted by molar-refractivity contribution is 5.60. The zero-order valence-electron chi connectivity index (χ0n) is 9.15. The first-order chi connectivity index (χ1) is 7.20. The summed E-state index contributed by atoms with van der Waals surface area (Å²) >= 11 is 0. The summed E-state index contributed by atoms with van der Waals surface area (Å²) in [4.78, 5) is 20.7. The molecule has 0 rings (SSSR count). The number of hydrogen-bond acceptors (Lipinski definition) is 5. The number of rotatable bonds is 8. The van der Waals surface area contributed by atoms with Gasteiger partial charge in [-0.15, -0.1) is 0 Å². The zero-order chi connectivity index (χ0) is 11.5. The van der Waals surface area contributed by atoms with E-state index >= 15 is 0 Å². The zero-order valence-corrected chi connectivity index (χ0v) is 9.15. The van der Waals surface area contributed by atoms with Gasteiger partial charge in [-0.05, 0) is 6.42 Å². The van der Waals surface area contributed by atoms with E-state index in [2.05, 4.69) is 16.4 Å². The highest BCUT2D eigenvalue weighted by Gasteiger charge is 2.10. The van der Waals surface area contributed by atoms with Gasteiger partial charge in [-0.3, -0.25) is 0 Å². The van der Waals surface area contributed by atoms with Gasteiger partial charge >= 0.3 is 12.6 Å². The normalized spacial score (nSPS) is 11.6. The van der Waals surface area contributed by atoms with Crippen LogP contribution >= 0.6 is 0 Å². The molecule has 0 aromatic carbocycles. The summed E-state index contributed by atoms with van der Waals surface area (Å²) in [5.41, 5.74) is 0. The molecule has 1 atom stereocenters. The maximum atomic E-state index is 10.9. The van der Waals surface area contributed by atoms with E-state index in [-0.39, 0.29) is 0 Å². The third-order valence-electron chi connectivity index (χ3n) is 1.69. The van der Waals surface area contributed by atoms with Crippen molar-refractivity contribution in [2.75, 3.05) is 6.61 Å². The number of carbonyl (C=O) groups excluding carboxylic acids is 2. The van der Waals surface area contributed by atoms with Gasteiger partial charge in [-0.2, -0.15) is 0 Å². The van der Waals surface area contributed by atoms with E-state index < -0.39 is 12.4 Å². The predicted molar refractivity (Wildman–Crippen MR) is 52.8 cm³/mol. The van der Waals surface area contributed by atoms with Crippen LogP contribution in [-0.2, 0) is 19.0 Å². The van der Waals surface area contributed by atoms with E-state index in [4.69, 9.17) is 4.74 Å². The first-order valence-electron chi connectivity index (χ1n) is 5.07. The lowest BCUT2D eigenvalue weighted by atomic mass is 10.2. The standard InChI is InChI=1S/C10H17O5/c1-3-4-5-6-7-13-10(12)15-9(2)14-8-11/h9H,3-7H2,1-2H3. The van der Waals surface area contributed by atoms with Gasteiger partial charge < -0.3 is 14.2 Å². The average Bonchev–Trinajstić information content (AvgIpc) is 2.17. The van der Waals surface area contributed by atoms with Crippen molar-refractivity contribution < 1.29 is 23.8 Å². The maximum absolute atomic E-state index is 10.9. The van der Waals surface area contributed by atoms with Gasteiger partial charge in [0.2, 0.25) is 6.29 Å². The van der Waals surface area contributed by atoms with Crippen LogP contribution in [0.1, 0.15) is 39.5 Å². The molecule has 0 fully saturated rings. The largest absolute Gasteiger partial charge is 0.511 e. The van der Waals surface area contributed by atoms with E-state index in [9.17, 15) is 9.59 Å². The second kappa shape index (κ2) is 9.30. The topological polar surface area (TPSA) is 61.8 Å². The molecule has 15 heavy (non-hydrogen) atoms. The van der Waals surface area contributed by atoms with E-state index in [1.807, 2.05) is 0 Å². The Kier molecular flexibility index (Phi) is 8.52. The minimum Gasteiger partial charge on any atom is -0.434 e. The molecule has 0 bridgehead atoms. The van der Waals surface area contributed by atoms with Crippen LogP contribution in [-0.4, -0.2) is 25.5 Å². The lowest BCUT2D eigenvalue weighted by Crippen LogP contribution is -2.18. The van der Waals surface area contributed by atoms with E-state index in [1.54, 1.807) is 0 Å². The fraction of sp³-hybridized carbons (Fsp3) is 0.800. The lowest BCUT2D eigenvalue weighted by molar-refractivity contribution is -0.0608. The molecule has 1 radical (unpaired) electrons. The molecule has 0 amide bonds. The van der Waals surface area contributed by atoms with Crippen LogP contribution in [0.4, 0.5) is 4.79 Å². The smallest absolute Gasteiger partial charge is 0.434 e. The molecule has 87 valence electrons. The van der Waals surface area contributed by atoms with Gasteiger partial charge in [0.15, 0.2) is 0 Å². The summed E-state index contributed by atoms with van der Waals surface area (Å²) in [6.07, 6.45) is 2.32. The van der Waals surface area contributed by atoms with Crippen molar-refractivity contribution in [2.45, 2.75) is 45.8 Å². The van der Waals surface area contributed by atoms with Crippen molar-refractivity contribution >= 4 is 12.6 Å². The van der Waals surface area contributed by atoms with E-state index in [0.717, 1.165) is 25.7 Å². The highest BCUT2D eigenvalue weighted by atomic mass is 16.8. The molecular weight excluding hydrogens is 200 g/mol. The minimum absolute atomic E-state index is 0.330. The van der Waals surface area contributed by atoms with Crippen molar-refractivity contribution in [3.63, 3.8) is 0 Å². The SMILES string of the molecule is CCCCCCOC(=O)OC(C)O[C]=O. The predicted octanol–water partition coefficient (Wildman–Crippen LogP) is 2.15. The second-order valence-corrected chi connectivity index (χ2v) is 3.05. The molecule has 0 aliphatic heterocycles. The van der Waals surface area contributed by atoms with E-state index in [0.29, 0.717) is 6.61 Å². The summed E-state index contributed by atoms with van der Waals surface area (Å²) in [6.45, 7) is 5.01. The molecule has 0 spiro atoms. The number of ether oxygens (including phenoxy) is 3. The lowest BCUT2D eigenvalue weighted by Gasteiger charge is -2.10. The van der Waals surface area contributed by atoms with Crippen LogP contribution in [0.5, 0.6) is 0 Å². The van der Waals surface area contributed by atoms with Crippen molar-refractivity contribution in [1.29, 1.82) is 0 Å². The minimum atomic E-state index is -0.953. The molecule has 5 nitrogen and oxygen atoms in total. The van der Waals surface area contributed by atoms with Crippen molar-refractivity contribution in [2.24, 2.45) is 0 Å². The summed E-state index contributed by atoms with van der Waals surface area (Å²) in [6, 6.07) is 0. The number of unbranched alkanes of at least 4 members (excludes halogenated alkanes) is 3. The van der Waals surface area contributed by atoms with Crippen LogP contribution < -0.4 is 0 Å². The summed E-state index contributed by atoms with van der Waals surface area (Å²) in [5.74, 6) is 0. The van der Waals surface area contributed by atoms with Crippen molar-refractivity contribution in [3.05, 3.63) is 0 Å². The molecule has 0 heterocycles. The summed E-state index contributed by atoms with van der Waals surface area (Å²) < 4.78 is 13.5. The van der Waals surface area contributed by atoms with Gasteiger partial charge in [-0.25, -0.2) is 9.59 Å². The maximum Gasteiger partial charge on any atom is 0.511 e. The molecule has 0 saturated heterocycles. The fourth-order valence-electron chi connectivity index (χ4n) is 0.946. The van der Waals surface area contributed by atoms with Gasteiger partial charge in [0, 0.05) is 6.92 Å². The Balaban J connectivity index is 3.36. The van der Waals surface area contributed by atoms with Crippen LogP contribution in [0.3, 0.4) is 0 Å². The van der Waals surface area contributed by atoms with Crippen LogP contribution in [0, 0.1) is 0 Å². The Bertz CT molecular complexity index is 181. The molecule has 0 aromatic heterocycles. The molecule has 1 unspecified atom stereocenters. The molecule has 5 heteroatoms. The Hall–Kier alpha value is -1.26. The molecule has 0 N–H and O–H groups in total. The molecule has 0 saturated carbocycles. The van der Waals surface area contributed by atoms with Gasteiger partial charge in [-0.1, -0.05) is 26.2 Å². The number of hydrogen-bond donors (Lipinski definition) is 0. The molecular formula is C10H17O5. The summed E-state index contributed by atoms with van der Waals surface area (Å²) in [5, 5.41) is 0. The Morgan fingerprint density at radius 1 is 1.33 bits per heavy atom. The first-order valence-corrected chi connectivity index (χ1v) is 5.07. The third kappa shape index (κ3) is 9.05. The third-order valence-corrected chi connectivity index (χ3v) is 1.69. The monoisotopic (exact) mass is 217 g/mol. The highest BCUT2D eigenvalue weighted by Crippen LogP contribution is 2.01. The molecule has 0 aromatic rings. The van der Waals surface area contributed by atoms with Crippen LogP contribution in [0.15, 0.2) is 0 Å². The number of carbonyl (C=O) groups is 1. The second-order valence-electron chi connectivity index (χ2n) is 3.05. The Morgan fingerprint density at radius 3 is 2.67 bits per heavy atom. The van der Waals surface area contributed by atoms with Crippen molar-refractivity contribution in [1.82, 2.24) is 0 Å². The van der Waals surface area contributed by atoms with E-state index in [1.165, 1.54) is 13.4 Å². The van der Waals surface area contributed by atoms with Gasteiger partial charge in [0.25, 0.3) is 0 Å². The van der Waals surface area contributed by atoms with Crippen molar-refractivity contribution in [3.8, 4) is 0 Å². The molecule has 0 aliphatic rings. The Morgan fingerprint density at radius 2 is 2.07 bits per heavy atom. The van der Waals surface area contributed by atoms with Crippen LogP contribution in [0.25, 0.3) is 0 Å². The average molecular weight is 217 g/mol. The van der Waals surface area contributed by atoms with Crippen LogP contribution in [0.2, 0.25) is 0 Å². The molecule has 0 aliphatic carbocycles. The van der Waals surface area contributed by atoms with Gasteiger partial charge in [0.1, 0.15) is 0 Å². The Labute approximate surface area is 89.7 Å². The van der Waals surface area contributed by atoms with Gasteiger partial charge in [0.05, 0.1) is 6.61 Å². The quantitative estimate of drug-likeness (QED) is 0.354. The first kappa shape index (κ1) is 13.7. The fourth-order valence-corrected chi connectivity index (χ4v) is 0.946.